The Labute approximate surface area is 227 Å². The van der Waals surface area contributed by atoms with Gasteiger partial charge in [-0.1, -0.05) is 26.7 Å². The monoisotopic (exact) mass is 560 g/mol. The van der Waals surface area contributed by atoms with Crippen LogP contribution in [0.25, 0.3) is 0 Å². The minimum absolute atomic E-state index is 0.136. The van der Waals surface area contributed by atoms with Crippen molar-refractivity contribution in [2.24, 2.45) is 11.8 Å². The van der Waals surface area contributed by atoms with Crippen molar-refractivity contribution in [1.29, 1.82) is 0 Å². The second-order valence-corrected chi connectivity index (χ2v) is 11.8. The lowest BCUT2D eigenvalue weighted by Gasteiger charge is -2.44. The number of nitrogens with one attached hydrogen (secondary N) is 1. The molecular formula is C26H44N2O9S. The fourth-order valence-electron chi connectivity index (χ4n) is 5.50. The molecule has 0 aromatic carbocycles. The van der Waals surface area contributed by atoms with Gasteiger partial charge in [0.05, 0.1) is 18.6 Å². The van der Waals surface area contributed by atoms with Crippen LogP contribution < -0.4 is 11.1 Å². The molecule has 3 rings (SSSR count). The molecule has 2 aliphatic rings. The molecule has 0 radical (unpaired) electrons. The van der Waals surface area contributed by atoms with Crippen LogP contribution in [0.3, 0.4) is 0 Å². The van der Waals surface area contributed by atoms with Gasteiger partial charge >= 0.3 is 5.82 Å². The molecule has 8 atom stereocenters. The molecule has 2 saturated heterocycles. The van der Waals surface area contributed by atoms with E-state index < -0.39 is 47.8 Å². The quantitative estimate of drug-likeness (QED) is 0.245. The van der Waals surface area contributed by atoms with Crippen LogP contribution in [0.15, 0.2) is 13.6 Å². The van der Waals surface area contributed by atoms with Crippen LogP contribution in [0.2, 0.25) is 0 Å². The van der Waals surface area contributed by atoms with Crippen molar-refractivity contribution >= 4 is 17.7 Å². The average molecular weight is 561 g/mol. The number of carbonyl (C=O) groups excluding carboxylic acids is 1. The molecule has 38 heavy (non-hydrogen) atoms. The minimum atomic E-state index is -1.40. The zero-order valence-corrected chi connectivity index (χ0v) is 23.6. The van der Waals surface area contributed by atoms with E-state index in [-0.39, 0.29) is 25.0 Å². The van der Waals surface area contributed by atoms with Crippen LogP contribution in [-0.4, -0.2) is 92.6 Å². The third kappa shape index (κ3) is 7.61. The van der Waals surface area contributed by atoms with Crippen molar-refractivity contribution in [2.75, 3.05) is 19.4 Å². The lowest BCUT2D eigenvalue weighted by Crippen LogP contribution is -2.64. The molecule has 218 valence electrons. The van der Waals surface area contributed by atoms with Crippen molar-refractivity contribution in [2.45, 2.75) is 108 Å². The summed E-state index contributed by atoms with van der Waals surface area (Å²) in [5.41, 5.74) is -0.738. The standard InChI is InChI=1S/C26H44N2O9S/c1-14(2)19(23-21(31)20(30)22(32)25(37-23)38-4)27-24(33)17-9-8-16(7-5-6-12-29)10-11-28(17)13-18-15(3)35-26(34)36-18/h14,16-17,19-23,25,29-32H,5-13H2,1-4H3,(H,27,33)/t16-,17-,19+,20-,21+,22+,23+,25+/m0/s1. The van der Waals surface area contributed by atoms with Gasteiger partial charge in [0.15, 0.2) is 5.76 Å². The molecule has 1 aromatic heterocycles. The van der Waals surface area contributed by atoms with Gasteiger partial charge < -0.3 is 39.3 Å². The van der Waals surface area contributed by atoms with Gasteiger partial charge in [-0.15, -0.1) is 11.8 Å². The van der Waals surface area contributed by atoms with Crippen molar-refractivity contribution in [3.8, 4) is 0 Å². The van der Waals surface area contributed by atoms with Crippen LogP contribution in [0.1, 0.15) is 63.9 Å². The maximum absolute atomic E-state index is 13.8. The lowest BCUT2D eigenvalue weighted by atomic mass is 9.88. The van der Waals surface area contributed by atoms with E-state index in [9.17, 15) is 24.9 Å². The van der Waals surface area contributed by atoms with E-state index in [1.807, 2.05) is 18.7 Å². The van der Waals surface area contributed by atoms with Crippen LogP contribution in [0, 0.1) is 18.8 Å². The lowest BCUT2D eigenvalue weighted by molar-refractivity contribution is -0.208. The van der Waals surface area contributed by atoms with Crippen LogP contribution in [0.4, 0.5) is 0 Å². The molecule has 0 unspecified atom stereocenters. The number of amides is 1. The predicted molar refractivity (Wildman–Crippen MR) is 141 cm³/mol. The number of rotatable bonds is 11. The highest BCUT2D eigenvalue weighted by molar-refractivity contribution is 7.99. The molecule has 0 saturated carbocycles. The molecule has 12 heteroatoms. The highest BCUT2D eigenvalue weighted by Crippen LogP contribution is 2.32. The summed E-state index contributed by atoms with van der Waals surface area (Å²) in [6.45, 7) is 6.48. The van der Waals surface area contributed by atoms with Gasteiger partial charge in [-0.3, -0.25) is 9.69 Å². The Morgan fingerprint density at radius 2 is 1.84 bits per heavy atom. The first-order valence-electron chi connectivity index (χ1n) is 13.5. The Balaban J connectivity index is 1.80. The topological polar surface area (TPSA) is 166 Å². The molecule has 5 N–H and O–H groups in total. The van der Waals surface area contributed by atoms with Gasteiger partial charge in [-0.2, -0.15) is 0 Å². The van der Waals surface area contributed by atoms with Crippen molar-refractivity contribution in [1.82, 2.24) is 10.2 Å². The third-order valence-electron chi connectivity index (χ3n) is 7.84. The Morgan fingerprint density at radius 1 is 1.11 bits per heavy atom. The number of aryl methyl sites for hydroxylation is 1. The summed E-state index contributed by atoms with van der Waals surface area (Å²) in [7, 11) is 0. The summed E-state index contributed by atoms with van der Waals surface area (Å²) in [4.78, 5) is 27.4. The van der Waals surface area contributed by atoms with E-state index in [1.165, 1.54) is 11.8 Å². The third-order valence-corrected chi connectivity index (χ3v) is 8.69. The fraction of sp³-hybridized carbons (Fsp3) is 0.846. The molecule has 0 spiro atoms. The summed E-state index contributed by atoms with van der Waals surface area (Å²) < 4.78 is 16.2. The number of ether oxygens (including phenoxy) is 1. The first-order valence-corrected chi connectivity index (χ1v) is 14.8. The number of unbranched alkanes of at least 4 members (excludes halogenated alkanes) is 1. The number of likely N-dealkylation sites (tertiary alicyclic amines) is 1. The Kier molecular flexibility index (Phi) is 11.7. The zero-order valence-electron chi connectivity index (χ0n) is 22.7. The molecule has 0 aliphatic carbocycles. The van der Waals surface area contributed by atoms with Crippen molar-refractivity contribution < 1.29 is 38.8 Å². The fourth-order valence-corrected chi connectivity index (χ4v) is 6.18. The first-order chi connectivity index (χ1) is 18.1. The summed E-state index contributed by atoms with van der Waals surface area (Å²) in [6, 6.07) is -1.14. The molecule has 3 heterocycles. The molecule has 2 aliphatic heterocycles. The molecule has 0 bridgehead atoms. The molecule has 11 nitrogen and oxygen atoms in total. The Bertz CT molecular complexity index is 936. The van der Waals surface area contributed by atoms with Crippen LogP contribution in [-0.2, 0) is 16.1 Å². The largest absolute Gasteiger partial charge is 0.519 e. The zero-order chi connectivity index (χ0) is 28.0. The van der Waals surface area contributed by atoms with Crippen LogP contribution >= 0.6 is 11.8 Å². The number of hydrogen-bond donors (Lipinski definition) is 5. The first kappa shape index (κ1) is 31.1. The van der Waals surface area contributed by atoms with E-state index >= 15 is 0 Å². The van der Waals surface area contributed by atoms with Gasteiger partial charge in [0.2, 0.25) is 5.91 Å². The number of hydrogen-bond acceptors (Lipinski definition) is 11. The van der Waals surface area contributed by atoms with Crippen LogP contribution in [0.5, 0.6) is 0 Å². The SMILES string of the molecule is CS[C@H]1O[C@H]([C@H](NC(=O)[C@@H]2CC[C@H](CCCCO)CCN2Cc2oc(=O)oc2C)C(C)C)[C@H](O)[C@H](O)[C@H]1O. The van der Waals surface area contributed by atoms with Gasteiger partial charge in [-0.05, 0) is 57.2 Å². The van der Waals surface area contributed by atoms with Crippen molar-refractivity contribution in [3.05, 3.63) is 22.1 Å². The van der Waals surface area contributed by atoms with E-state index in [1.54, 1.807) is 13.2 Å². The Morgan fingerprint density at radius 3 is 2.45 bits per heavy atom. The Hall–Kier alpha value is -1.41. The van der Waals surface area contributed by atoms with E-state index in [4.69, 9.17) is 18.7 Å². The minimum Gasteiger partial charge on any atom is -0.396 e. The van der Waals surface area contributed by atoms with E-state index in [2.05, 4.69) is 5.32 Å². The number of thioether (sulfide) groups is 1. The summed E-state index contributed by atoms with van der Waals surface area (Å²) in [5, 5.41) is 43.7. The smallest absolute Gasteiger partial charge is 0.396 e. The molecule has 1 amide bonds. The summed E-state index contributed by atoms with van der Waals surface area (Å²) in [5.74, 6) is 0.0268. The molecule has 2 fully saturated rings. The van der Waals surface area contributed by atoms with E-state index in [0.717, 1.165) is 32.1 Å². The van der Waals surface area contributed by atoms with Gasteiger partial charge in [-0.25, -0.2) is 4.79 Å². The van der Waals surface area contributed by atoms with Gasteiger partial charge in [0, 0.05) is 6.61 Å². The summed E-state index contributed by atoms with van der Waals surface area (Å²) >= 11 is 1.23. The molecular weight excluding hydrogens is 516 g/mol. The maximum Gasteiger partial charge on any atom is 0.519 e. The summed E-state index contributed by atoms with van der Waals surface area (Å²) in [6.07, 6.45) is 1.76. The number of aliphatic hydroxyl groups excluding tert-OH is 4. The highest BCUT2D eigenvalue weighted by atomic mass is 32.2. The maximum atomic E-state index is 13.8. The number of carbonyl (C=O) groups is 1. The second kappa shape index (κ2) is 14.3. The average Bonchev–Trinajstić information content (AvgIpc) is 3.06. The molecule has 1 aromatic rings. The predicted octanol–water partition coefficient (Wildman–Crippen LogP) is 0.986. The normalized spacial score (nSPS) is 31.8. The highest BCUT2D eigenvalue weighted by Gasteiger charge is 2.48. The number of nitrogens with zero attached hydrogens (tertiary/aromatic N) is 1. The van der Waals surface area contributed by atoms with Crippen molar-refractivity contribution in [3.63, 3.8) is 0 Å². The van der Waals surface area contributed by atoms with Gasteiger partial charge in [0.25, 0.3) is 0 Å². The van der Waals surface area contributed by atoms with Gasteiger partial charge in [0.1, 0.15) is 35.6 Å². The second-order valence-electron chi connectivity index (χ2n) is 10.8. The number of aliphatic hydroxyl groups is 4. The van der Waals surface area contributed by atoms with E-state index in [0.29, 0.717) is 30.4 Å².